The maximum absolute atomic E-state index is 11.6. The number of hydrogen-bond acceptors (Lipinski definition) is 5. The van der Waals surface area contributed by atoms with Crippen LogP contribution in [0.3, 0.4) is 0 Å². The monoisotopic (exact) mass is 268 g/mol. The fraction of sp³-hybridized carbons (Fsp3) is 0.778. The number of hydroxylamine groups is 1. The minimum absolute atomic E-state index is 0. The van der Waals surface area contributed by atoms with E-state index in [-0.39, 0.29) is 51.4 Å². The molecule has 1 saturated carbocycles. The van der Waals surface area contributed by atoms with Gasteiger partial charge >= 0.3 is 51.4 Å². The fourth-order valence-corrected chi connectivity index (χ4v) is 1.45. The Kier molecular flexibility index (Phi) is 8.01. The summed E-state index contributed by atoms with van der Waals surface area (Å²) >= 11 is 0. The quantitative estimate of drug-likeness (QED) is 0.272. The van der Waals surface area contributed by atoms with Crippen LogP contribution in [-0.2, 0) is 9.59 Å². The van der Waals surface area contributed by atoms with E-state index in [1.807, 2.05) is 0 Å². The molecule has 0 heterocycles. The Bertz CT molecular complexity index is 283. The molecule has 0 spiro atoms. The van der Waals surface area contributed by atoms with Crippen molar-refractivity contribution < 1.29 is 61.0 Å². The molecular weight excluding hydrogens is 251 g/mol. The molecule has 0 aliphatic heterocycles. The topological polar surface area (TPSA) is 133 Å². The first kappa shape index (κ1) is 17.5. The van der Waals surface area contributed by atoms with E-state index in [0.717, 1.165) is 0 Å². The van der Waals surface area contributed by atoms with Crippen LogP contribution in [0.5, 0.6) is 0 Å². The zero-order chi connectivity index (χ0) is 12.2. The van der Waals surface area contributed by atoms with Gasteiger partial charge in [-0.3, -0.25) is 9.59 Å². The van der Waals surface area contributed by atoms with Crippen LogP contribution in [-0.4, -0.2) is 29.9 Å². The van der Waals surface area contributed by atoms with Crippen LogP contribution in [0, 0.1) is 5.21 Å². The molecule has 7 nitrogen and oxygen atoms in total. The number of primary amides is 1. The number of hydrogen-bond donors (Lipinski definition) is 4. The van der Waals surface area contributed by atoms with E-state index in [2.05, 4.69) is 5.32 Å². The van der Waals surface area contributed by atoms with Crippen LogP contribution in [0.1, 0.15) is 25.7 Å². The summed E-state index contributed by atoms with van der Waals surface area (Å²) in [6.45, 7) is 0.409. The molecule has 2 amide bonds. The molecule has 92 valence electrons. The number of nitrogens with two attached hydrogens (primary N) is 2. The Balaban J connectivity index is 0.00000256. The minimum Gasteiger partial charge on any atom is -0.787 e. The van der Waals surface area contributed by atoms with Gasteiger partial charge in [-0.15, -0.1) is 0 Å². The molecule has 0 aromatic carbocycles. The number of nitrogens with one attached hydrogen (secondary N) is 2. The number of rotatable bonds is 7. The van der Waals surface area contributed by atoms with E-state index in [9.17, 15) is 14.8 Å². The number of carbonyl (C=O) groups excluding carboxylic acids is 2. The average Bonchev–Trinajstić information content (AvgIpc) is 3.00. The van der Waals surface area contributed by atoms with Gasteiger partial charge in [-0.25, -0.2) is 0 Å². The van der Waals surface area contributed by atoms with E-state index >= 15 is 0 Å². The molecule has 1 fully saturated rings. The zero-order valence-corrected chi connectivity index (χ0v) is 13.1. The van der Waals surface area contributed by atoms with Gasteiger partial charge in [0.2, 0.25) is 11.8 Å². The van der Waals surface area contributed by atoms with Crippen LogP contribution >= 0.6 is 0 Å². The van der Waals surface area contributed by atoms with Crippen molar-refractivity contribution >= 4 is 11.8 Å². The van der Waals surface area contributed by atoms with Gasteiger partial charge in [0.15, 0.2) is 0 Å². The van der Waals surface area contributed by atoms with Crippen LogP contribution in [0.25, 0.3) is 0 Å². The molecule has 1 aliphatic rings. The predicted octanol–water partition coefficient (Wildman–Crippen LogP) is -4.68. The maximum Gasteiger partial charge on any atom is 1.00 e. The van der Waals surface area contributed by atoms with E-state index in [0.29, 0.717) is 32.2 Å². The summed E-state index contributed by atoms with van der Waals surface area (Å²) in [5, 5.41) is 13.1. The van der Waals surface area contributed by atoms with Crippen molar-refractivity contribution in [1.29, 1.82) is 0 Å². The Labute approximate surface area is 142 Å². The van der Waals surface area contributed by atoms with Crippen LogP contribution in [0.15, 0.2) is 0 Å². The summed E-state index contributed by atoms with van der Waals surface area (Å²) in [5.74, 6) is -1.04. The summed E-state index contributed by atoms with van der Waals surface area (Å²) in [6, 6.07) is -0.861. The maximum atomic E-state index is 11.6. The molecule has 8 heteroatoms. The second kappa shape index (κ2) is 7.80. The molecule has 6 N–H and O–H groups in total. The molecule has 0 aromatic rings. The Morgan fingerprint density at radius 3 is 2.35 bits per heavy atom. The SMILES string of the molecule is NCCCC(N[O-])C(=O)NC1(C(N)=O)CC1.[K+]. The summed E-state index contributed by atoms with van der Waals surface area (Å²) in [4.78, 5) is 22.7. The second-order valence-corrected chi connectivity index (χ2v) is 4.04. The molecule has 1 aliphatic carbocycles. The van der Waals surface area contributed by atoms with Crippen molar-refractivity contribution in [2.45, 2.75) is 37.3 Å². The molecular formula is C9H17KN4O3. The van der Waals surface area contributed by atoms with Crippen molar-refractivity contribution in [1.82, 2.24) is 10.8 Å². The van der Waals surface area contributed by atoms with Gasteiger partial charge < -0.3 is 27.5 Å². The van der Waals surface area contributed by atoms with Crippen LogP contribution in [0.4, 0.5) is 0 Å². The molecule has 0 saturated heterocycles. The van der Waals surface area contributed by atoms with Crippen LogP contribution < -0.4 is 73.6 Å². The van der Waals surface area contributed by atoms with E-state index in [1.54, 1.807) is 5.48 Å². The predicted molar refractivity (Wildman–Crippen MR) is 57.9 cm³/mol. The van der Waals surface area contributed by atoms with Gasteiger partial charge in [0.05, 0.1) is 6.04 Å². The first-order chi connectivity index (χ1) is 7.55. The summed E-state index contributed by atoms with van der Waals surface area (Å²) in [7, 11) is 0. The number of amides is 2. The van der Waals surface area contributed by atoms with Gasteiger partial charge in [-0.2, -0.15) is 0 Å². The normalized spacial score (nSPS) is 17.8. The average molecular weight is 268 g/mol. The number of carbonyl (C=O) groups is 2. The molecule has 17 heavy (non-hydrogen) atoms. The molecule has 1 atom stereocenters. The van der Waals surface area contributed by atoms with Crippen molar-refractivity contribution in [2.24, 2.45) is 11.5 Å². The molecule has 0 radical (unpaired) electrons. The van der Waals surface area contributed by atoms with Crippen molar-refractivity contribution in [3.63, 3.8) is 0 Å². The van der Waals surface area contributed by atoms with Crippen LogP contribution in [0.2, 0.25) is 0 Å². The smallest absolute Gasteiger partial charge is 0.787 e. The van der Waals surface area contributed by atoms with E-state index in [1.165, 1.54) is 0 Å². The van der Waals surface area contributed by atoms with Gasteiger partial charge in [-0.05, 0) is 32.2 Å². The third kappa shape index (κ3) is 4.91. The Morgan fingerprint density at radius 2 is 2.00 bits per heavy atom. The first-order valence-corrected chi connectivity index (χ1v) is 5.25. The second-order valence-electron chi connectivity index (χ2n) is 4.04. The van der Waals surface area contributed by atoms with Gasteiger partial charge in [0.25, 0.3) is 0 Å². The van der Waals surface area contributed by atoms with Crippen molar-refractivity contribution in [3.05, 3.63) is 5.21 Å². The van der Waals surface area contributed by atoms with Gasteiger partial charge in [0, 0.05) is 0 Å². The minimum atomic E-state index is -0.922. The third-order valence-corrected chi connectivity index (χ3v) is 2.74. The summed E-state index contributed by atoms with van der Waals surface area (Å²) in [5.41, 5.74) is 11.2. The third-order valence-electron chi connectivity index (χ3n) is 2.74. The zero-order valence-electron chi connectivity index (χ0n) is 9.99. The molecule has 0 bridgehead atoms. The Hall–Kier alpha value is 0.456. The van der Waals surface area contributed by atoms with Crippen molar-refractivity contribution in [3.8, 4) is 0 Å². The first-order valence-electron chi connectivity index (χ1n) is 5.25. The molecule has 1 unspecified atom stereocenters. The van der Waals surface area contributed by atoms with Gasteiger partial charge in [-0.1, -0.05) is 0 Å². The molecule has 0 aromatic heterocycles. The van der Waals surface area contributed by atoms with Crippen molar-refractivity contribution in [2.75, 3.05) is 6.54 Å². The fourth-order valence-electron chi connectivity index (χ4n) is 1.45. The Morgan fingerprint density at radius 1 is 1.41 bits per heavy atom. The molecule has 1 rings (SSSR count). The standard InChI is InChI=1S/C9H17N4O3.K/c10-5-1-2-6(13-16)7(14)12-9(3-4-9)8(11)15;/h6,13H,1-5,10H2,(H2,11,15)(H,12,14);/q-1;+1. The summed E-state index contributed by atoms with van der Waals surface area (Å²) in [6.07, 6.45) is 1.99. The van der Waals surface area contributed by atoms with E-state index < -0.39 is 23.4 Å². The van der Waals surface area contributed by atoms with E-state index in [4.69, 9.17) is 11.5 Å². The van der Waals surface area contributed by atoms with Gasteiger partial charge in [0.1, 0.15) is 5.54 Å². The largest absolute Gasteiger partial charge is 1.00 e. The summed E-state index contributed by atoms with van der Waals surface area (Å²) < 4.78 is 0.